The number of esters is 1. The Morgan fingerprint density at radius 2 is 2.00 bits per heavy atom. The van der Waals surface area contributed by atoms with Crippen LogP contribution in [0.3, 0.4) is 0 Å². The molecule has 1 aliphatic rings. The van der Waals surface area contributed by atoms with Gasteiger partial charge in [0.25, 0.3) is 0 Å². The Kier molecular flexibility index (Phi) is 4.43. The maximum Gasteiger partial charge on any atom is 0.331 e. The monoisotopic (exact) mass is 263 g/mol. The number of benzene rings is 1. The van der Waals surface area contributed by atoms with Gasteiger partial charge in [0.2, 0.25) is 0 Å². The van der Waals surface area contributed by atoms with Gasteiger partial charge in [0.1, 0.15) is 5.54 Å². The molecule has 19 heavy (non-hydrogen) atoms. The van der Waals surface area contributed by atoms with Crippen LogP contribution < -0.4 is 5.32 Å². The lowest BCUT2D eigenvalue weighted by atomic mass is 9.90. The zero-order valence-corrected chi connectivity index (χ0v) is 11.6. The van der Waals surface area contributed by atoms with E-state index in [4.69, 9.17) is 9.47 Å². The van der Waals surface area contributed by atoms with Crippen molar-refractivity contribution in [1.29, 1.82) is 0 Å². The third-order valence-electron chi connectivity index (χ3n) is 3.58. The topological polar surface area (TPSA) is 47.6 Å². The number of carbonyl (C=O) groups excluding carboxylic acids is 1. The molecular weight excluding hydrogens is 242 g/mol. The Labute approximate surface area is 114 Å². The van der Waals surface area contributed by atoms with Crippen molar-refractivity contribution in [1.82, 2.24) is 0 Å². The van der Waals surface area contributed by atoms with Crippen molar-refractivity contribution in [2.24, 2.45) is 0 Å². The molecule has 0 amide bonds. The van der Waals surface area contributed by atoms with Crippen LogP contribution in [-0.2, 0) is 14.3 Å². The van der Waals surface area contributed by atoms with Crippen molar-refractivity contribution >= 4 is 11.7 Å². The van der Waals surface area contributed by atoms with Gasteiger partial charge in [-0.25, -0.2) is 4.79 Å². The van der Waals surface area contributed by atoms with Crippen molar-refractivity contribution in [2.45, 2.75) is 31.7 Å². The molecule has 4 nitrogen and oxygen atoms in total. The van der Waals surface area contributed by atoms with E-state index in [0.717, 1.165) is 18.5 Å². The summed E-state index contributed by atoms with van der Waals surface area (Å²) in [4.78, 5) is 12.2. The number of carbonyl (C=O) groups is 1. The van der Waals surface area contributed by atoms with Crippen LogP contribution in [-0.4, -0.2) is 31.8 Å². The van der Waals surface area contributed by atoms with Gasteiger partial charge in [-0.1, -0.05) is 17.7 Å². The molecule has 0 aliphatic carbocycles. The van der Waals surface area contributed by atoms with Gasteiger partial charge < -0.3 is 14.8 Å². The second kappa shape index (κ2) is 6.06. The van der Waals surface area contributed by atoms with Crippen LogP contribution >= 0.6 is 0 Å². The third kappa shape index (κ3) is 3.26. The first-order valence-corrected chi connectivity index (χ1v) is 6.67. The zero-order chi connectivity index (χ0) is 13.7. The van der Waals surface area contributed by atoms with Crippen LogP contribution in [0.5, 0.6) is 0 Å². The first-order valence-electron chi connectivity index (χ1n) is 6.67. The molecule has 0 spiro atoms. The molecule has 1 fully saturated rings. The van der Waals surface area contributed by atoms with Crippen molar-refractivity contribution in [2.75, 3.05) is 25.6 Å². The summed E-state index contributed by atoms with van der Waals surface area (Å²) < 4.78 is 10.4. The fourth-order valence-corrected chi connectivity index (χ4v) is 2.44. The smallest absolute Gasteiger partial charge is 0.331 e. The molecule has 104 valence electrons. The summed E-state index contributed by atoms with van der Waals surface area (Å²) in [5.74, 6) is -0.210. The Morgan fingerprint density at radius 3 is 2.68 bits per heavy atom. The predicted octanol–water partition coefficient (Wildman–Crippen LogP) is 2.52. The van der Waals surface area contributed by atoms with Crippen LogP contribution in [0, 0.1) is 6.92 Å². The zero-order valence-electron chi connectivity index (χ0n) is 11.6. The normalized spacial score (nSPS) is 23.5. The Morgan fingerprint density at radius 1 is 1.26 bits per heavy atom. The van der Waals surface area contributed by atoms with Crippen LogP contribution in [0.4, 0.5) is 5.69 Å². The standard InChI is InChI=1S/C15H21NO3/c1-12-4-6-13(7-5-12)16-15(14(17)18-2)8-3-10-19-11-9-15/h4-7,16H,3,8-11H2,1-2H3. The Hall–Kier alpha value is -1.55. The maximum absolute atomic E-state index is 12.2. The Bertz CT molecular complexity index is 420. The van der Waals surface area contributed by atoms with E-state index in [1.54, 1.807) is 0 Å². The lowest BCUT2D eigenvalue weighted by Gasteiger charge is -2.31. The van der Waals surface area contributed by atoms with Crippen LogP contribution in [0.15, 0.2) is 24.3 Å². The quantitative estimate of drug-likeness (QED) is 0.851. The van der Waals surface area contributed by atoms with Crippen molar-refractivity contribution in [3.63, 3.8) is 0 Å². The minimum absolute atomic E-state index is 0.210. The molecule has 1 unspecified atom stereocenters. The van der Waals surface area contributed by atoms with E-state index in [9.17, 15) is 4.79 Å². The second-order valence-electron chi connectivity index (χ2n) is 5.03. The number of rotatable bonds is 3. The number of hydrogen-bond donors (Lipinski definition) is 1. The minimum atomic E-state index is -0.666. The van der Waals surface area contributed by atoms with E-state index in [1.165, 1.54) is 12.7 Å². The van der Waals surface area contributed by atoms with E-state index >= 15 is 0 Å². The van der Waals surface area contributed by atoms with Gasteiger partial charge in [-0.2, -0.15) is 0 Å². The highest BCUT2D eigenvalue weighted by Gasteiger charge is 2.40. The molecule has 1 aromatic carbocycles. The second-order valence-corrected chi connectivity index (χ2v) is 5.03. The summed E-state index contributed by atoms with van der Waals surface area (Å²) in [6.45, 7) is 3.32. The third-order valence-corrected chi connectivity index (χ3v) is 3.58. The average molecular weight is 263 g/mol. The SMILES string of the molecule is COC(=O)C1(Nc2ccc(C)cc2)CCCOCC1. The van der Waals surface area contributed by atoms with Crippen molar-refractivity contribution < 1.29 is 14.3 Å². The highest BCUT2D eigenvalue weighted by atomic mass is 16.5. The van der Waals surface area contributed by atoms with E-state index in [-0.39, 0.29) is 5.97 Å². The molecule has 4 heteroatoms. The first-order chi connectivity index (χ1) is 9.16. The van der Waals surface area contributed by atoms with Gasteiger partial charge in [-0.3, -0.25) is 0 Å². The van der Waals surface area contributed by atoms with E-state index < -0.39 is 5.54 Å². The Balaban J connectivity index is 2.21. The van der Waals surface area contributed by atoms with Crippen molar-refractivity contribution in [3.05, 3.63) is 29.8 Å². The molecule has 1 saturated heterocycles. The molecule has 2 rings (SSSR count). The summed E-state index contributed by atoms with van der Waals surface area (Å²) in [5, 5.41) is 3.36. The molecule has 1 aromatic rings. The molecule has 1 heterocycles. The number of anilines is 1. The first kappa shape index (κ1) is 13.9. The van der Waals surface area contributed by atoms with Crippen LogP contribution in [0.2, 0.25) is 0 Å². The van der Waals surface area contributed by atoms with Gasteiger partial charge in [0.05, 0.1) is 7.11 Å². The number of nitrogens with one attached hydrogen (secondary N) is 1. The molecule has 1 aliphatic heterocycles. The van der Waals surface area contributed by atoms with Gasteiger partial charge in [0.15, 0.2) is 0 Å². The fraction of sp³-hybridized carbons (Fsp3) is 0.533. The summed E-state index contributed by atoms with van der Waals surface area (Å²) in [7, 11) is 1.44. The summed E-state index contributed by atoms with van der Waals surface area (Å²) in [6.07, 6.45) is 2.22. The highest BCUT2D eigenvalue weighted by molar-refractivity contribution is 5.84. The number of methoxy groups -OCH3 is 1. The molecule has 0 radical (unpaired) electrons. The minimum Gasteiger partial charge on any atom is -0.467 e. The number of aryl methyl sites for hydroxylation is 1. The van der Waals surface area contributed by atoms with Gasteiger partial charge >= 0.3 is 5.97 Å². The summed E-state index contributed by atoms with van der Waals surface area (Å²) >= 11 is 0. The molecule has 0 bridgehead atoms. The largest absolute Gasteiger partial charge is 0.467 e. The summed E-state index contributed by atoms with van der Waals surface area (Å²) in [6, 6.07) is 8.04. The van der Waals surface area contributed by atoms with Gasteiger partial charge in [-0.15, -0.1) is 0 Å². The average Bonchev–Trinajstić information content (AvgIpc) is 2.67. The van der Waals surface area contributed by atoms with E-state index in [0.29, 0.717) is 19.6 Å². The molecule has 0 saturated carbocycles. The van der Waals surface area contributed by atoms with Crippen LogP contribution in [0.25, 0.3) is 0 Å². The van der Waals surface area contributed by atoms with E-state index in [2.05, 4.69) is 5.32 Å². The van der Waals surface area contributed by atoms with E-state index in [1.807, 2.05) is 31.2 Å². The number of ether oxygens (including phenoxy) is 2. The van der Waals surface area contributed by atoms with Gasteiger partial charge in [-0.05, 0) is 31.9 Å². The molecule has 0 aromatic heterocycles. The van der Waals surface area contributed by atoms with Gasteiger partial charge in [0, 0.05) is 25.3 Å². The predicted molar refractivity (Wildman–Crippen MR) is 74.2 cm³/mol. The fourth-order valence-electron chi connectivity index (χ4n) is 2.44. The molecule has 1 atom stereocenters. The van der Waals surface area contributed by atoms with Crippen molar-refractivity contribution in [3.8, 4) is 0 Å². The molecule has 1 N–H and O–H groups in total. The van der Waals surface area contributed by atoms with Crippen LogP contribution in [0.1, 0.15) is 24.8 Å². The number of hydrogen-bond acceptors (Lipinski definition) is 4. The highest BCUT2D eigenvalue weighted by Crippen LogP contribution is 2.28. The lowest BCUT2D eigenvalue weighted by molar-refractivity contribution is -0.146. The summed E-state index contributed by atoms with van der Waals surface area (Å²) in [5.41, 5.74) is 1.47. The molecular formula is C15H21NO3. The maximum atomic E-state index is 12.2. The lowest BCUT2D eigenvalue weighted by Crippen LogP contribution is -2.47.